The fourth-order valence-corrected chi connectivity index (χ4v) is 10.0. The molecule has 1 amide bonds. The molecule has 14 heteroatoms. The molecular weight excluding hydrogens is 1010 g/mol. The first kappa shape index (κ1) is 73.3. The number of nitrogens with one attached hydrogen (secondary N) is 1. The first-order valence-corrected chi connectivity index (χ1v) is 31.8. The van der Waals surface area contributed by atoms with Crippen LogP contribution in [0.15, 0.2) is 85.1 Å². The highest BCUT2D eigenvalue weighted by Gasteiger charge is 2.51. The van der Waals surface area contributed by atoms with Crippen molar-refractivity contribution in [2.45, 2.75) is 306 Å². The van der Waals surface area contributed by atoms with Crippen molar-refractivity contribution in [2.75, 3.05) is 19.8 Å². The van der Waals surface area contributed by atoms with E-state index in [-0.39, 0.29) is 12.5 Å². The first-order valence-electron chi connectivity index (χ1n) is 31.8. The molecule has 2 rings (SSSR count). The van der Waals surface area contributed by atoms with E-state index in [2.05, 4.69) is 104 Å². The summed E-state index contributed by atoms with van der Waals surface area (Å²) < 4.78 is 22.7. The van der Waals surface area contributed by atoms with Crippen LogP contribution in [0.3, 0.4) is 0 Å². The summed E-state index contributed by atoms with van der Waals surface area (Å²) >= 11 is 0. The Balaban J connectivity index is 1.52. The molecule has 80 heavy (non-hydrogen) atoms. The zero-order valence-electron chi connectivity index (χ0n) is 49.8. The SMILES string of the molecule is CC/C=C\C/C=C\C/C=C\C/C=C\C/C=C\C/C=C\C/C=C\CCCCCCCCCCCCCCCCCCCC(=O)NC(COC1OC(CO)C(OC2OC(CO)C(O)C(O)C2O)C(O)C1O)C(O)CCCCCCCCC. The molecule has 0 aromatic rings. The molecule has 2 heterocycles. The third-order valence-electron chi connectivity index (χ3n) is 15.1. The van der Waals surface area contributed by atoms with Crippen molar-refractivity contribution in [1.82, 2.24) is 5.32 Å². The second-order valence-electron chi connectivity index (χ2n) is 22.2. The normalized spacial score (nSPS) is 24.8. The molecule has 2 saturated heterocycles. The van der Waals surface area contributed by atoms with E-state index in [1.165, 1.54) is 103 Å². The van der Waals surface area contributed by atoms with E-state index in [1.54, 1.807) is 0 Å². The number of ether oxygens (including phenoxy) is 4. The smallest absolute Gasteiger partial charge is 0.220 e. The molecule has 0 aromatic heterocycles. The molecule has 14 nitrogen and oxygen atoms in total. The fraction of sp³-hybridized carbons (Fsp3) is 0.773. The largest absolute Gasteiger partial charge is 0.394 e. The second kappa shape index (κ2) is 50.7. The van der Waals surface area contributed by atoms with Gasteiger partial charge < -0.3 is 65.1 Å². The zero-order chi connectivity index (χ0) is 58.1. The number of carbonyl (C=O) groups excluding carboxylic acids is 1. The highest BCUT2D eigenvalue weighted by atomic mass is 16.7. The standard InChI is InChI=1S/C66H115NO13/c1-3-5-7-9-11-12-13-14-15-16-17-18-19-20-21-22-23-24-25-26-27-28-29-30-31-32-33-34-35-36-37-38-39-40-41-42-44-46-48-50-58(71)67-54(55(70)49-47-45-43-10-8-6-4-2)53-77-65-63(76)61(74)64(57(52-69)79-65)80-66-62(75)60(73)59(72)56(51-68)78-66/h5,7,11-12,14-15,17-18,20-21,23-24,26-27,54-57,59-66,68-70,72-76H,3-4,6,8-10,13,16,19,22,25,28-53H2,1-2H3,(H,67,71)/b7-5-,12-11-,15-14-,18-17-,21-20-,24-23-,27-26-. The average molecular weight is 1130 g/mol. The molecule has 0 bridgehead atoms. The minimum absolute atomic E-state index is 0.212. The summed E-state index contributed by atoms with van der Waals surface area (Å²) in [6.45, 7) is 2.68. The molecule has 0 spiro atoms. The van der Waals surface area contributed by atoms with E-state index < -0.39 is 86.8 Å². The van der Waals surface area contributed by atoms with Gasteiger partial charge in [-0.15, -0.1) is 0 Å². The van der Waals surface area contributed by atoms with E-state index in [1.807, 2.05) is 0 Å². The summed E-state index contributed by atoms with van der Waals surface area (Å²) in [6, 6.07) is -0.828. The van der Waals surface area contributed by atoms with E-state index in [9.17, 15) is 45.6 Å². The highest BCUT2D eigenvalue weighted by molar-refractivity contribution is 5.76. The summed E-state index contributed by atoms with van der Waals surface area (Å²) in [5, 5.41) is 86.8. The number of allylic oxidation sites excluding steroid dienone is 14. The van der Waals surface area contributed by atoms with Crippen molar-refractivity contribution in [3.8, 4) is 0 Å². The number of hydrogen-bond acceptors (Lipinski definition) is 13. The van der Waals surface area contributed by atoms with Crippen LogP contribution in [0.25, 0.3) is 0 Å². The van der Waals surface area contributed by atoms with E-state index in [0.717, 1.165) is 103 Å². The van der Waals surface area contributed by atoms with Crippen molar-refractivity contribution in [1.29, 1.82) is 0 Å². The van der Waals surface area contributed by atoms with Crippen LogP contribution in [0.4, 0.5) is 0 Å². The number of carbonyl (C=O) groups is 1. The van der Waals surface area contributed by atoms with Crippen LogP contribution in [-0.4, -0.2) is 140 Å². The van der Waals surface area contributed by atoms with E-state index in [4.69, 9.17) is 18.9 Å². The lowest BCUT2D eigenvalue weighted by molar-refractivity contribution is -0.359. The summed E-state index contributed by atoms with van der Waals surface area (Å²) in [7, 11) is 0. The average Bonchev–Trinajstić information content (AvgIpc) is 3.48. The van der Waals surface area contributed by atoms with Crippen molar-refractivity contribution < 1.29 is 64.6 Å². The van der Waals surface area contributed by atoms with Crippen molar-refractivity contribution in [2.24, 2.45) is 0 Å². The molecular formula is C66H115NO13. The minimum Gasteiger partial charge on any atom is -0.394 e. The maximum absolute atomic E-state index is 13.2. The van der Waals surface area contributed by atoms with Gasteiger partial charge in [0.2, 0.25) is 5.91 Å². The molecule has 2 aliphatic heterocycles. The minimum atomic E-state index is -1.78. The molecule has 462 valence electrons. The van der Waals surface area contributed by atoms with Crippen LogP contribution >= 0.6 is 0 Å². The molecule has 2 aliphatic rings. The maximum atomic E-state index is 13.2. The molecule has 0 aliphatic carbocycles. The molecule has 12 atom stereocenters. The van der Waals surface area contributed by atoms with Crippen LogP contribution < -0.4 is 5.32 Å². The zero-order valence-corrected chi connectivity index (χ0v) is 49.8. The third-order valence-corrected chi connectivity index (χ3v) is 15.1. The fourth-order valence-electron chi connectivity index (χ4n) is 10.0. The van der Waals surface area contributed by atoms with Gasteiger partial charge in [0, 0.05) is 6.42 Å². The number of hydrogen-bond donors (Lipinski definition) is 9. The molecule has 2 fully saturated rings. The molecule has 0 aromatic carbocycles. The monoisotopic (exact) mass is 1130 g/mol. The van der Waals surface area contributed by atoms with Gasteiger partial charge in [-0.2, -0.15) is 0 Å². The molecule has 0 saturated carbocycles. The Morgan fingerprint density at radius 2 is 0.863 bits per heavy atom. The maximum Gasteiger partial charge on any atom is 0.220 e. The summed E-state index contributed by atoms with van der Waals surface area (Å²) in [5.74, 6) is -0.212. The Morgan fingerprint density at radius 3 is 1.32 bits per heavy atom. The van der Waals surface area contributed by atoms with Gasteiger partial charge >= 0.3 is 0 Å². The number of aliphatic hydroxyl groups excluding tert-OH is 8. The number of amides is 1. The predicted molar refractivity (Wildman–Crippen MR) is 323 cm³/mol. The van der Waals surface area contributed by atoms with Crippen molar-refractivity contribution in [3.63, 3.8) is 0 Å². The lowest BCUT2D eigenvalue weighted by Crippen LogP contribution is -2.65. The Labute approximate surface area is 484 Å². The molecule has 12 unspecified atom stereocenters. The van der Waals surface area contributed by atoms with Crippen LogP contribution in [0.2, 0.25) is 0 Å². The van der Waals surface area contributed by atoms with Gasteiger partial charge in [0.05, 0.1) is 32.0 Å². The Morgan fingerprint density at radius 1 is 0.463 bits per heavy atom. The molecule has 0 radical (unpaired) electrons. The van der Waals surface area contributed by atoms with Crippen LogP contribution in [0, 0.1) is 0 Å². The van der Waals surface area contributed by atoms with Crippen LogP contribution in [-0.2, 0) is 23.7 Å². The Kier molecular flexibility index (Phi) is 46.4. The van der Waals surface area contributed by atoms with E-state index in [0.29, 0.717) is 12.8 Å². The quantitative estimate of drug-likeness (QED) is 0.0204. The van der Waals surface area contributed by atoms with E-state index >= 15 is 0 Å². The second-order valence-corrected chi connectivity index (χ2v) is 22.2. The van der Waals surface area contributed by atoms with Gasteiger partial charge in [-0.3, -0.25) is 4.79 Å². The summed E-state index contributed by atoms with van der Waals surface area (Å²) in [6.07, 6.45) is 52.2. The van der Waals surface area contributed by atoms with Gasteiger partial charge in [0.1, 0.15) is 48.8 Å². The number of rotatable bonds is 50. The van der Waals surface area contributed by atoms with Gasteiger partial charge in [-0.25, -0.2) is 0 Å². The first-order chi connectivity index (χ1) is 39.1. The van der Waals surface area contributed by atoms with Crippen LogP contribution in [0.1, 0.15) is 232 Å². The number of unbranched alkanes of at least 4 members (excludes halogenated alkanes) is 23. The summed E-state index contributed by atoms with van der Waals surface area (Å²) in [5.41, 5.74) is 0. The predicted octanol–water partition coefficient (Wildman–Crippen LogP) is 11.7. The molecule has 9 N–H and O–H groups in total. The van der Waals surface area contributed by atoms with Crippen molar-refractivity contribution >= 4 is 5.91 Å². The Hall–Kier alpha value is -2.83. The van der Waals surface area contributed by atoms with Gasteiger partial charge in [-0.05, 0) is 70.6 Å². The van der Waals surface area contributed by atoms with Gasteiger partial charge in [-0.1, -0.05) is 240 Å². The topological polar surface area (TPSA) is 228 Å². The lowest BCUT2D eigenvalue weighted by atomic mass is 9.97. The Bertz CT molecular complexity index is 1660. The third kappa shape index (κ3) is 35.3. The van der Waals surface area contributed by atoms with Gasteiger partial charge in [0.25, 0.3) is 0 Å². The van der Waals surface area contributed by atoms with Crippen molar-refractivity contribution in [3.05, 3.63) is 85.1 Å². The highest BCUT2D eigenvalue weighted by Crippen LogP contribution is 2.30. The number of aliphatic hydroxyl groups is 8. The van der Waals surface area contributed by atoms with Crippen LogP contribution in [0.5, 0.6) is 0 Å². The summed E-state index contributed by atoms with van der Waals surface area (Å²) in [4.78, 5) is 13.2. The van der Waals surface area contributed by atoms with Gasteiger partial charge in [0.15, 0.2) is 12.6 Å². The lowest BCUT2D eigenvalue weighted by Gasteiger charge is -2.46.